The van der Waals surface area contributed by atoms with Crippen molar-refractivity contribution in [2.24, 2.45) is 0 Å². The molecule has 0 atom stereocenters. The lowest BCUT2D eigenvalue weighted by Gasteiger charge is -2.18. The Morgan fingerprint density at radius 1 is 1.23 bits per heavy atom. The Labute approximate surface area is 154 Å². The van der Waals surface area contributed by atoms with Gasteiger partial charge in [-0.15, -0.1) is 0 Å². The predicted molar refractivity (Wildman–Crippen MR) is 99.5 cm³/mol. The molecule has 0 aliphatic carbocycles. The van der Waals surface area contributed by atoms with Crippen molar-refractivity contribution in [3.8, 4) is 5.75 Å². The van der Waals surface area contributed by atoms with E-state index < -0.39 is 4.92 Å². The van der Waals surface area contributed by atoms with Crippen molar-refractivity contribution in [1.29, 1.82) is 0 Å². The Kier molecular flexibility index (Phi) is 5.38. The highest BCUT2D eigenvalue weighted by Gasteiger charge is 2.17. The molecule has 0 unspecified atom stereocenters. The van der Waals surface area contributed by atoms with Gasteiger partial charge in [-0.2, -0.15) is 0 Å². The van der Waals surface area contributed by atoms with E-state index in [2.05, 4.69) is 10.6 Å². The number of amides is 1. The van der Waals surface area contributed by atoms with Crippen molar-refractivity contribution >= 4 is 35.0 Å². The van der Waals surface area contributed by atoms with Gasteiger partial charge in [0.05, 0.1) is 10.5 Å². The first-order valence-corrected chi connectivity index (χ1v) is 8.31. The second kappa shape index (κ2) is 7.88. The van der Waals surface area contributed by atoms with E-state index in [4.69, 9.17) is 16.3 Å². The Hall–Kier alpha value is -3.06. The first-order chi connectivity index (χ1) is 12.5. The molecular weight excluding hydrogens is 358 g/mol. The number of nitrogens with zero attached hydrogens (tertiary/aromatic N) is 1. The van der Waals surface area contributed by atoms with Gasteiger partial charge in [0.15, 0.2) is 0 Å². The number of para-hydroxylation sites is 2. The molecule has 1 aliphatic rings. The molecule has 0 aromatic heterocycles. The summed E-state index contributed by atoms with van der Waals surface area (Å²) in [6, 6.07) is 11.6. The minimum Gasteiger partial charge on any atom is -0.488 e. The van der Waals surface area contributed by atoms with Crippen LogP contribution >= 0.6 is 11.6 Å². The highest BCUT2D eigenvalue weighted by Crippen LogP contribution is 2.29. The predicted octanol–water partition coefficient (Wildman–Crippen LogP) is 3.25. The second-order valence-electron chi connectivity index (χ2n) is 5.60. The molecule has 0 saturated carbocycles. The molecule has 0 spiro atoms. The van der Waals surface area contributed by atoms with E-state index in [9.17, 15) is 14.9 Å². The van der Waals surface area contributed by atoms with Crippen molar-refractivity contribution in [3.05, 3.63) is 68.7 Å². The van der Waals surface area contributed by atoms with Crippen LogP contribution in [-0.2, 0) is 4.79 Å². The Balaban J connectivity index is 1.55. The van der Waals surface area contributed by atoms with Gasteiger partial charge in [-0.25, -0.2) is 0 Å². The van der Waals surface area contributed by atoms with E-state index in [-0.39, 0.29) is 18.2 Å². The molecule has 1 amide bonds. The Bertz CT molecular complexity index is 882. The largest absolute Gasteiger partial charge is 0.488 e. The van der Waals surface area contributed by atoms with E-state index in [0.29, 0.717) is 35.1 Å². The van der Waals surface area contributed by atoms with Gasteiger partial charge in [-0.05, 0) is 30.3 Å². The van der Waals surface area contributed by atoms with E-state index in [1.165, 1.54) is 6.07 Å². The molecule has 134 valence electrons. The highest BCUT2D eigenvalue weighted by molar-refractivity contribution is 6.30. The summed E-state index contributed by atoms with van der Waals surface area (Å²) >= 11 is 5.96. The molecule has 2 N–H and O–H groups in total. The highest BCUT2D eigenvalue weighted by atomic mass is 35.5. The lowest BCUT2D eigenvalue weighted by Crippen LogP contribution is -2.32. The lowest BCUT2D eigenvalue weighted by atomic mass is 10.1. The van der Waals surface area contributed by atoms with Crippen LogP contribution in [0.5, 0.6) is 5.75 Å². The average Bonchev–Trinajstić information content (AvgIpc) is 2.64. The number of hydrogen-bond donors (Lipinski definition) is 2. The van der Waals surface area contributed by atoms with Crippen molar-refractivity contribution in [1.82, 2.24) is 5.32 Å². The molecule has 0 fully saturated rings. The van der Waals surface area contributed by atoms with Crippen LogP contribution in [0.25, 0.3) is 6.08 Å². The van der Waals surface area contributed by atoms with Crippen LogP contribution in [0.1, 0.15) is 5.56 Å². The monoisotopic (exact) mass is 373 g/mol. The van der Waals surface area contributed by atoms with Crippen LogP contribution in [0.15, 0.2) is 48.0 Å². The SMILES string of the molecule is O=C(NCCNc1ccccc1[N+](=O)[O-])C1=Cc2cc(Cl)ccc2OC1. The number of ether oxygens (including phenoxy) is 1. The number of halogens is 1. The van der Waals surface area contributed by atoms with Crippen molar-refractivity contribution in [3.63, 3.8) is 0 Å². The number of nitro benzene ring substituents is 1. The molecule has 3 rings (SSSR count). The van der Waals surface area contributed by atoms with Gasteiger partial charge in [0.2, 0.25) is 0 Å². The first-order valence-electron chi connectivity index (χ1n) is 7.93. The average molecular weight is 374 g/mol. The maximum absolute atomic E-state index is 12.3. The molecule has 1 aliphatic heterocycles. The molecule has 2 aromatic rings. The summed E-state index contributed by atoms with van der Waals surface area (Å²) in [5, 5.41) is 17.2. The summed E-state index contributed by atoms with van der Waals surface area (Å²) < 4.78 is 5.55. The number of anilines is 1. The molecule has 7 nitrogen and oxygen atoms in total. The van der Waals surface area contributed by atoms with Crippen LogP contribution in [-0.4, -0.2) is 30.5 Å². The zero-order valence-corrected chi connectivity index (χ0v) is 14.5. The van der Waals surface area contributed by atoms with Crippen molar-refractivity contribution in [2.45, 2.75) is 0 Å². The van der Waals surface area contributed by atoms with Crippen LogP contribution in [0.2, 0.25) is 5.02 Å². The Morgan fingerprint density at radius 3 is 2.85 bits per heavy atom. The van der Waals surface area contributed by atoms with Crippen LogP contribution in [0.4, 0.5) is 11.4 Å². The molecule has 1 heterocycles. The first kappa shape index (κ1) is 17.8. The molecule has 0 bridgehead atoms. The van der Waals surface area contributed by atoms with Gasteiger partial charge < -0.3 is 15.4 Å². The quantitative estimate of drug-likeness (QED) is 0.460. The maximum atomic E-state index is 12.3. The third-order valence-electron chi connectivity index (χ3n) is 3.80. The van der Waals surface area contributed by atoms with Crippen molar-refractivity contribution in [2.75, 3.05) is 25.0 Å². The van der Waals surface area contributed by atoms with Gasteiger partial charge in [0.25, 0.3) is 11.6 Å². The number of fused-ring (bicyclic) bond motifs is 1. The van der Waals surface area contributed by atoms with Gasteiger partial charge >= 0.3 is 0 Å². The topological polar surface area (TPSA) is 93.5 Å². The zero-order chi connectivity index (χ0) is 18.5. The number of rotatable bonds is 6. The molecule has 2 aromatic carbocycles. The van der Waals surface area contributed by atoms with Crippen LogP contribution < -0.4 is 15.4 Å². The number of nitrogens with one attached hydrogen (secondary N) is 2. The maximum Gasteiger partial charge on any atom is 0.292 e. The van der Waals surface area contributed by atoms with E-state index in [1.54, 1.807) is 42.5 Å². The van der Waals surface area contributed by atoms with Gasteiger partial charge in [-0.3, -0.25) is 14.9 Å². The normalized spacial score (nSPS) is 12.4. The zero-order valence-electron chi connectivity index (χ0n) is 13.7. The number of benzene rings is 2. The lowest BCUT2D eigenvalue weighted by molar-refractivity contribution is -0.384. The van der Waals surface area contributed by atoms with E-state index in [1.807, 2.05) is 0 Å². The van der Waals surface area contributed by atoms with Crippen LogP contribution in [0, 0.1) is 10.1 Å². The van der Waals surface area contributed by atoms with E-state index >= 15 is 0 Å². The summed E-state index contributed by atoms with van der Waals surface area (Å²) in [6.07, 6.45) is 1.75. The summed E-state index contributed by atoms with van der Waals surface area (Å²) in [6.45, 7) is 0.843. The fourth-order valence-electron chi connectivity index (χ4n) is 2.55. The third-order valence-corrected chi connectivity index (χ3v) is 4.04. The number of carbonyl (C=O) groups is 1. The number of carbonyl (C=O) groups excluding carboxylic acids is 1. The summed E-state index contributed by atoms with van der Waals surface area (Å²) in [5.41, 5.74) is 1.66. The van der Waals surface area contributed by atoms with Crippen molar-refractivity contribution < 1.29 is 14.5 Å². The van der Waals surface area contributed by atoms with Gasteiger partial charge in [-0.1, -0.05) is 23.7 Å². The third kappa shape index (κ3) is 4.12. The molecule has 8 heteroatoms. The second-order valence-corrected chi connectivity index (χ2v) is 6.03. The molecule has 26 heavy (non-hydrogen) atoms. The number of nitro groups is 1. The molecule has 0 saturated heterocycles. The molecular formula is C18H16ClN3O4. The molecule has 0 radical (unpaired) electrons. The fraction of sp³-hybridized carbons (Fsp3) is 0.167. The summed E-state index contributed by atoms with van der Waals surface area (Å²) in [7, 11) is 0. The van der Waals surface area contributed by atoms with Gasteiger partial charge in [0, 0.05) is 29.7 Å². The van der Waals surface area contributed by atoms with E-state index in [0.717, 1.165) is 5.56 Å². The smallest absolute Gasteiger partial charge is 0.292 e. The van der Waals surface area contributed by atoms with Crippen LogP contribution in [0.3, 0.4) is 0 Å². The standard InChI is InChI=1S/C18H16ClN3O4/c19-14-5-6-17-12(10-14)9-13(11-26-17)18(23)21-8-7-20-15-3-1-2-4-16(15)22(24)25/h1-6,9-10,20H,7-8,11H2,(H,21,23). The Morgan fingerprint density at radius 2 is 2.04 bits per heavy atom. The minimum absolute atomic E-state index is 0.00398. The van der Waals surface area contributed by atoms with Gasteiger partial charge in [0.1, 0.15) is 18.0 Å². The number of hydrogen-bond acceptors (Lipinski definition) is 5. The summed E-state index contributed by atoms with van der Waals surface area (Å²) in [5.74, 6) is 0.434. The fourth-order valence-corrected chi connectivity index (χ4v) is 2.73. The minimum atomic E-state index is -0.451. The summed E-state index contributed by atoms with van der Waals surface area (Å²) in [4.78, 5) is 22.8.